The van der Waals surface area contributed by atoms with Crippen molar-refractivity contribution in [3.05, 3.63) is 48.0 Å². The maximum absolute atomic E-state index is 11.9. The van der Waals surface area contributed by atoms with Crippen molar-refractivity contribution in [2.75, 3.05) is 6.61 Å². The molecule has 2 aliphatic heterocycles. The van der Waals surface area contributed by atoms with Crippen LogP contribution >= 0.6 is 15.9 Å². The van der Waals surface area contributed by atoms with Crippen LogP contribution in [0.2, 0.25) is 0 Å². The molecule has 2 bridgehead atoms. The third-order valence-electron chi connectivity index (χ3n) is 3.96. The number of halogens is 1. The fourth-order valence-electron chi connectivity index (χ4n) is 2.78. The van der Waals surface area contributed by atoms with Gasteiger partial charge in [0.25, 0.3) is 0 Å². The number of rotatable bonds is 5. The van der Waals surface area contributed by atoms with Crippen LogP contribution < -0.4 is 0 Å². The number of hydrogen-bond acceptors (Lipinski definition) is 3. The number of fused-ring (bicyclic) bond motifs is 2. The van der Waals surface area contributed by atoms with E-state index < -0.39 is 4.32 Å². The summed E-state index contributed by atoms with van der Waals surface area (Å²) in [6.07, 6.45) is 5.59. The Hall–Kier alpha value is -1.13. The molecule has 0 amide bonds. The van der Waals surface area contributed by atoms with Crippen molar-refractivity contribution >= 4 is 21.9 Å². The van der Waals surface area contributed by atoms with Gasteiger partial charge in [0.05, 0.1) is 6.61 Å². The first-order valence-electron chi connectivity index (χ1n) is 6.89. The molecule has 0 saturated carbocycles. The molecular weight excluding hydrogens is 320 g/mol. The second kappa shape index (κ2) is 5.70. The largest absolute Gasteiger partial charge is 0.457 e. The number of alkyl halides is 1. The van der Waals surface area contributed by atoms with E-state index in [0.717, 1.165) is 12.8 Å². The number of carbonyl (C=O) groups excluding carboxylic acids is 1. The highest BCUT2D eigenvalue weighted by atomic mass is 79.9. The van der Waals surface area contributed by atoms with Crippen LogP contribution in [-0.4, -0.2) is 23.0 Å². The number of ether oxygens (including phenoxy) is 2. The van der Waals surface area contributed by atoms with Crippen molar-refractivity contribution in [1.29, 1.82) is 0 Å². The van der Waals surface area contributed by atoms with Gasteiger partial charge in [-0.05, 0) is 30.4 Å². The summed E-state index contributed by atoms with van der Waals surface area (Å²) >= 11 is 3.54. The lowest BCUT2D eigenvalue weighted by Crippen LogP contribution is -2.51. The fraction of sp³-hybridized carbons (Fsp3) is 0.438. The molecule has 0 N–H and O–H groups in total. The normalized spacial score (nSPS) is 31.4. The van der Waals surface area contributed by atoms with Gasteiger partial charge in [-0.3, -0.25) is 4.79 Å². The standard InChI is InChI=1S/C16H17BrO3/c17-16-8-6-14(20-15(16)18)10-13(16)7-9-19-11-12-4-2-1-3-5-12/h1-6,8,13-14H,7,9-11H2/t13-,14+,16+/m1/s1. The Morgan fingerprint density at radius 1 is 1.35 bits per heavy atom. The highest BCUT2D eigenvalue weighted by Gasteiger charge is 2.50. The third-order valence-corrected chi connectivity index (χ3v) is 5.19. The first-order chi connectivity index (χ1) is 9.68. The summed E-state index contributed by atoms with van der Waals surface area (Å²) < 4.78 is 10.4. The van der Waals surface area contributed by atoms with Crippen LogP contribution in [0.3, 0.4) is 0 Å². The van der Waals surface area contributed by atoms with Gasteiger partial charge in [-0.2, -0.15) is 0 Å². The Balaban J connectivity index is 1.50. The second-order valence-electron chi connectivity index (χ2n) is 5.33. The summed E-state index contributed by atoms with van der Waals surface area (Å²) in [7, 11) is 0. The summed E-state index contributed by atoms with van der Waals surface area (Å²) in [6.45, 7) is 1.27. The summed E-state index contributed by atoms with van der Waals surface area (Å²) in [5.41, 5.74) is 1.17. The summed E-state index contributed by atoms with van der Waals surface area (Å²) in [6, 6.07) is 10.1. The van der Waals surface area contributed by atoms with E-state index in [2.05, 4.69) is 28.1 Å². The molecule has 106 valence electrons. The zero-order valence-corrected chi connectivity index (χ0v) is 12.7. The Bertz CT molecular complexity index is 514. The van der Waals surface area contributed by atoms with Gasteiger partial charge in [0, 0.05) is 6.61 Å². The van der Waals surface area contributed by atoms with Crippen LogP contribution in [0.1, 0.15) is 18.4 Å². The molecule has 4 rings (SSSR count). The molecule has 20 heavy (non-hydrogen) atoms. The first-order valence-corrected chi connectivity index (χ1v) is 7.69. The maximum atomic E-state index is 11.9. The van der Waals surface area contributed by atoms with E-state index in [0.29, 0.717) is 13.2 Å². The maximum Gasteiger partial charge on any atom is 0.327 e. The van der Waals surface area contributed by atoms with Crippen molar-refractivity contribution in [1.82, 2.24) is 0 Å². The molecule has 1 saturated heterocycles. The van der Waals surface area contributed by atoms with Gasteiger partial charge in [-0.1, -0.05) is 52.3 Å². The first kappa shape index (κ1) is 13.8. The van der Waals surface area contributed by atoms with Crippen molar-refractivity contribution < 1.29 is 14.3 Å². The lowest BCUT2D eigenvalue weighted by molar-refractivity contribution is -0.158. The minimum absolute atomic E-state index is 0.0546. The molecular formula is C16H17BrO3. The highest BCUT2D eigenvalue weighted by Crippen LogP contribution is 2.44. The van der Waals surface area contributed by atoms with E-state index in [1.165, 1.54) is 5.56 Å². The smallest absolute Gasteiger partial charge is 0.327 e. The Morgan fingerprint density at radius 3 is 2.90 bits per heavy atom. The summed E-state index contributed by atoms with van der Waals surface area (Å²) in [5.74, 6) is 0.0823. The minimum atomic E-state index is -0.641. The molecule has 1 aliphatic carbocycles. The van der Waals surface area contributed by atoms with E-state index in [9.17, 15) is 4.79 Å². The molecule has 0 unspecified atom stereocenters. The third kappa shape index (κ3) is 2.67. The fourth-order valence-corrected chi connectivity index (χ4v) is 3.44. The van der Waals surface area contributed by atoms with Gasteiger partial charge in [-0.25, -0.2) is 0 Å². The molecule has 0 radical (unpaired) electrons. The number of esters is 1. The quantitative estimate of drug-likeness (QED) is 0.358. The van der Waals surface area contributed by atoms with E-state index in [-0.39, 0.29) is 18.0 Å². The lowest BCUT2D eigenvalue weighted by atomic mass is 9.78. The van der Waals surface area contributed by atoms with Crippen LogP contribution in [0.5, 0.6) is 0 Å². The second-order valence-corrected chi connectivity index (χ2v) is 6.64. The number of benzene rings is 1. The number of hydrogen-bond donors (Lipinski definition) is 0. The van der Waals surface area contributed by atoms with Gasteiger partial charge in [0.2, 0.25) is 0 Å². The molecule has 3 aliphatic rings. The summed E-state index contributed by atoms with van der Waals surface area (Å²) in [5, 5.41) is 0. The Morgan fingerprint density at radius 2 is 2.15 bits per heavy atom. The van der Waals surface area contributed by atoms with Crippen molar-refractivity contribution in [3.63, 3.8) is 0 Å². The van der Waals surface area contributed by atoms with Crippen LogP contribution in [0.15, 0.2) is 42.5 Å². The van der Waals surface area contributed by atoms with Gasteiger partial charge in [-0.15, -0.1) is 0 Å². The molecule has 3 nitrogen and oxygen atoms in total. The van der Waals surface area contributed by atoms with Gasteiger partial charge in [0.1, 0.15) is 10.4 Å². The van der Waals surface area contributed by atoms with Crippen LogP contribution in [-0.2, 0) is 20.9 Å². The van der Waals surface area contributed by atoms with Crippen LogP contribution in [0.25, 0.3) is 0 Å². The van der Waals surface area contributed by atoms with E-state index in [4.69, 9.17) is 9.47 Å². The van der Waals surface area contributed by atoms with Crippen molar-refractivity contribution in [2.45, 2.75) is 29.9 Å². The monoisotopic (exact) mass is 336 g/mol. The molecule has 0 spiro atoms. The molecule has 4 heteroatoms. The minimum Gasteiger partial charge on any atom is -0.457 e. The molecule has 2 heterocycles. The van der Waals surface area contributed by atoms with E-state index >= 15 is 0 Å². The Kier molecular flexibility index (Phi) is 3.94. The van der Waals surface area contributed by atoms with Gasteiger partial charge < -0.3 is 9.47 Å². The van der Waals surface area contributed by atoms with Crippen molar-refractivity contribution in [2.24, 2.45) is 5.92 Å². The van der Waals surface area contributed by atoms with Crippen LogP contribution in [0, 0.1) is 5.92 Å². The van der Waals surface area contributed by atoms with Crippen LogP contribution in [0.4, 0.5) is 0 Å². The topological polar surface area (TPSA) is 35.5 Å². The van der Waals surface area contributed by atoms with E-state index in [1.807, 2.05) is 30.4 Å². The zero-order chi connectivity index (χ0) is 14.0. The predicted octanol–water partition coefficient (Wildman–Crippen LogP) is 3.23. The molecule has 0 aromatic heterocycles. The molecule has 1 aromatic carbocycles. The average molecular weight is 337 g/mol. The average Bonchev–Trinajstić information content (AvgIpc) is 2.47. The molecule has 3 atom stereocenters. The van der Waals surface area contributed by atoms with E-state index in [1.54, 1.807) is 0 Å². The van der Waals surface area contributed by atoms with Crippen molar-refractivity contribution in [3.8, 4) is 0 Å². The number of carbonyl (C=O) groups is 1. The molecule has 1 fully saturated rings. The van der Waals surface area contributed by atoms with Gasteiger partial charge in [0.15, 0.2) is 0 Å². The Labute approximate surface area is 127 Å². The SMILES string of the molecule is O=C1O[C@H]2C=C[C@]1(Br)[C@H](CCOCc1ccccc1)C2. The molecule has 1 aromatic rings. The lowest BCUT2D eigenvalue weighted by Gasteiger charge is -2.42. The predicted molar refractivity (Wildman–Crippen MR) is 79.5 cm³/mol. The highest BCUT2D eigenvalue weighted by molar-refractivity contribution is 9.10. The summed E-state index contributed by atoms with van der Waals surface area (Å²) in [4.78, 5) is 11.9. The van der Waals surface area contributed by atoms with Gasteiger partial charge >= 0.3 is 5.97 Å². The zero-order valence-electron chi connectivity index (χ0n) is 11.1.